The number of amides is 1. The second-order valence-corrected chi connectivity index (χ2v) is 6.56. The lowest BCUT2D eigenvalue weighted by atomic mass is 9.85. The molecule has 1 amide bonds. The maximum Gasteiger partial charge on any atom is 0.223 e. The summed E-state index contributed by atoms with van der Waals surface area (Å²) in [7, 11) is 0. The molecule has 1 atom stereocenters. The van der Waals surface area contributed by atoms with Gasteiger partial charge in [0.1, 0.15) is 0 Å². The summed E-state index contributed by atoms with van der Waals surface area (Å²) >= 11 is 1.72. The minimum atomic E-state index is -0.204. The summed E-state index contributed by atoms with van der Waals surface area (Å²) in [6, 6.07) is 4.22. The average molecular weight is 266 g/mol. The van der Waals surface area contributed by atoms with Gasteiger partial charge in [-0.15, -0.1) is 11.3 Å². The summed E-state index contributed by atoms with van der Waals surface area (Å²) in [4.78, 5) is 15.6. The molecule has 3 nitrogen and oxygen atoms in total. The number of piperidine rings is 1. The highest BCUT2D eigenvalue weighted by atomic mass is 32.1. The molecule has 2 rings (SSSR count). The van der Waals surface area contributed by atoms with E-state index in [9.17, 15) is 4.79 Å². The Balaban J connectivity index is 1.95. The molecule has 4 heteroatoms. The molecular weight excluding hydrogens is 244 g/mol. The fraction of sp³-hybridized carbons (Fsp3) is 0.643. The van der Waals surface area contributed by atoms with Gasteiger partial charge in [0.05, 0.1) is 5.54 Å². The van der Waals surface area contributed by atoms with E-state index >= 15 is 0 Å². The van der Waals surface area contributed by atoms with Gasteiger partial charge in [0.2, 0.25) is 5.91 Å². The van der Waals surface area contributed by atoms with Crippen molar-refractivity contribution in [2.24, 2.45) is 5.73 Å². The Kier molecular flexibility index (Phi) is 4.07. The predicted molar refractivity (Wildman–Crippen MR) is 75.6 cm³/mol. The number of likely N-dealkylation sites (tertiary alicyclic amines) is 1. The first-order chi connectivity index (χ1) is 8.51. The maximum atomic E-state index is 12.3. The van der Waals surface area contributed by atoms with Crippen LogP contribution in [0.25, 0.3) is 0 Å². The van der Waals surface area contributed by atoms with E-state index in [0.717, 1.165) is 25.8 Å². The van der Waals surface area contributed by atoms with Gasteiger partial charge in [-0.3, -0.25) is 4.79 Å². The summed E-state index contributed by atoms with van der Waals surface area (Å²) < 4.78 is 0. The molecule has 1 aliphatic heterocycles. The van der Waals surface area contributed by atoms with E-state index in [2.05, 4.69) is 25.3 Å². The molecule has 0 aromatic carbocycles. The quantitative estimate of drug-likeness (QED) is 0.913. The minimum absolute atomic E-state index is 0.0944. The molecule has 1 aromatic heterocycles. The molecule has 2 N–H and O–H groups in total. The van der Waals surface area contributed by atoms with Gasteiger partial charge in [-0.25, -0.2) is 0 Å². The van der Waals surface area contributed by atoms with Gasteiger partial charge in [0.25, 0.3) is 0 Å². The second-order valence-electron chi connectivity index (χ2n) is 5.53. The van der Waals surface area contributed by atoms with Gasteiger partial charge >= 0.3 is 0 Å². The van der Waals surface area contributed by atoms with Crippen LogP contribution in [0.4, 0.5) is 0 Å². The van der Waals surface area contributed by atoms with Gasteiger partial charge in [0, 0.05) is 23.9 Å². The standard InChI is InChI=1S/C14H22N2OS/c1-14(2)12(15)6-3-9-16(14)13(17)8-7-11-5-4-10-18-11/h4-5,10,12H,3,6-9,15H2,1-2H3. The van der Waals surface area contributed by atoms with Crippen LogP contribution < -0.4 is 5.73 Å². The van der Waals surface area contributed by atoms with Gasteiger partial charge in [0.15, 0.2) is 0 Å². The van der Waals surface area contributed by atoms with Crippen LogP contribution in [-0.4, -0.2) is 28.9 Å². The van der Waals surface area contributed by atoms with Crippen molar-refractivity contribution in [3.63, 3.8) is 0 Å². The fourth-order valence-corrected chi connectivity index (χ4v) is 3.29. The Hall–Kier alpha value is -0.870. The number of aryl methyl sites for hydroxylation is 1. The average Bonchev–Trinajstić information content (AvgIpc) is 2.82. The van der Waals surface area contributed by atoms with Crippen LogP contribution in [0.2, 0.25) is 0 Å². The summed E-state index contributed by atoms with van der Waals surface area (Å²) in [5.41, 5.74) is 5.94. The lowest BCUT2D eigenvalue weighted by Crippen LogP contribution is -2.61. The van der Waals surface area contributed by atoms with Crippen molar-refractivity contribution in [2.75, 3.05) is 6.54 Å². The summed E-state index contributed by atoms with van der Waals surface area (Å²) in [5.74, 6) is 0.239. The van der Waals surface area contributed by atoms with Crippen molar-refractivity contribution in [3.05, 3.63) is 22.4 Å². The zero-order chi connectivity index (χ0) is 13.2. The lowest BCUT2D eigenvalue weighted by Gasteiger charge is -2.46. The number of hydrogen-bond donors (Lipinski definition) is 1. The highest BCUT2D eigenvalue weighted by Gasteiger charge is 2.38. The molecule has 1 aliphatic rings. The lowest BCUT2D eigenvalue weighted by molar-refractivity contribution is -0.139. The molecule has 0 bridgehead atoms. The van der Waals surface area contributed by atoms with Crippen molar-refractivity contribution in [3.8, 4) is 0 Å². The summed E-state index contributed by atoms with van der Waals surface area (Å²) in [6.45, 7) is 5.02. The molecular formula is C14H22N2OS. The van der Waals surface area contributed by atoms with Gasteiger partial charge in [-0.1, -0.05) is 6.07 Å². The SMILES string of the molecule is CC1(C)C(N)CCCN1C(=O)CCc1cccs1. The first-order valence-electron chi connectivity index (χ1n) is 6.60. The number of rotatable bonds is 3. The monoisotopic (exact) mass is 266 g/mol. The van der Waals surface area contributed by atoms with Crippen molar-refractivity contribution in [2.45, 2.75) is 51.1 Å². The van der Waals surface area contributed by atoms with Crippen LogP contribution in [0.1, 0.15) is 38.0 Å². The van der Waals surface area contributed by atoms with E-state index in [1.165, 1.54) is 4.88 Å². The van der Waals surface area contributed by atoms with E-state index in [0.29, 0.717) is 6.42 Å². The van der Waals surface area contributed by atoms with Crippen LogP contribution in [0.3, 0.4) is 0 Å². The smallest absolute Gasteiger partial charge is 0.223 e. The van der Waals surface area contributed by atoms with Crippen molar-refractivity contribution < 1.29 is 4.79 Å². The Morgan fingerprint density at radius 3 is 3.06 bits per heavy atom. The molecule has 1 saturated heterocycles. The van der Waals surface area contributed by atoms with E-state index in [1.54, 1.807) is 11.3 Å². The largest absolute Gasteiger partial charge is 0.336 e. The van der Waals surface area contributed by atoms with Crippen LogP contribution in [0.15, 0.2) is 17.5 Å². The number of nitrogens with zero attached hydrogens (tertiary/aromatic N) is 1. The van der Waals surface area contributed by atoms with Crippen LogP contribution >= 0.6 is 11.3 Å². The number of hydrogen-bond acceptors (Lipinski definition) is 3. The first kappa shape index (κ1) is 13.6. The molecule has 2 heterocycles. The fourth-order valence-electron chi connectivity index (χ4n) is 2.58. The number of carbonyl (C=O) groups excluding carboxylic acids is 1. The van der Waals surface area contributed by atoms with Crippen LogP contribution in [-0.2, 0) is 11.2 Å². The zero-order valence-electron chi connectivity index (χ0n) is 11.2. The molecule has 0 spiro atoms. The van der Waals surface area contributed by atoms with Crippen molar-refractivity contribution in [1.82, 2.24) is 4.90 Å². The van der Waals surface area contributed by atoms with Crippen LogP contribution in [0.5, 0.6) is 0 Å². The predicted octanol–water partition coefficient (Wildman–Crippen LogP) is 2.41. The third-order valence-corrected chi connectivity index (χ3v) is 4.90. The molecule has 18 heavy (non-hydrogen) atoms. The molecule has 1 unspecified atom stereocenters. The Morgan fingerprint density at radius 2 is 2.39 bits per heavy atom. The zero-order valence-corrected chi connectivity index (χ0v) is 12.0. The van der Waals surface area contributed by atoms with Gasteiger partial charge in [-0.05, 0) is 44.6 Å². The highest BCUT2D eigenvalue weighted by Crippen LogP contribution is 2.27. The number of nitrogens with two attached hydrogens (primary N) is 1. The molecule has 0 aliphatic carbocycles. The van der Waals surface area contributed by atoms with E-state index in [4.69, 9.17) is 5.73 Å². The Labute approximate surface area is 113 Å². The Bertz CT molecular complexity index is 400. The topological polar surface area (TPSA) is 46.3 Å². The normalized spacial score (nSPS) is 23.1. The number of carbonyl (C=O) groups is 1. The van der Waals surface area contributed by atoms with Crippen LogP contribution in [0, 0.1) is 0 Å². The first-order valence-corrected chi connectivity index (χ1v) is 7.48. The van der Waals surface area contributed by atoms with E-state index in [-0.39, 0.29) is 17.5 Å². The van der Waals surface area contributed by atoms with Crippen molar-refractivity contribution >= 4 is 17.2 Å². The highest BCUT2D eigenvalue weighted by molar-refractivity contribution is 7.09. The molecule has 0 saturated carbocycles. The maximum absolute atomic E-state index is 12.3. The summed E-state index contributed by atoms with van der Waals surface area (Å²) in [5, 5.41) is 2.06. The minimum Gasteiger partial charge on any atom is -0.336 e. The van der Waals surface area contributed by atoms with E-state index in [1.807, 2.05) is 11.0 Å². The van der Waals surface area contributed by atoms with Gasteiger partial charge in [-0.2, -0.15) is 0 Å². The molecule has 1 aromatic rings. The molecule has 100 valence electrons. The Morgan fingerprint density at radius 1 is 1.61 bits per heavy atom. The molecule has 0 radical (unpaired) electrons. The summed E-state index contributed by atoms with van der Waals surface area (Å²) in [6.07, 6.45) is 3.48. The van der Waals surface area contributed by atoms with Gasteiger partial charge < -0.3 is 10.6 Å². The second kappa shape index (κ2) is 5.41. The van der Waals surface area contributed by atoms with Crippen molar-refractivity contribution in [1.29, 1.82) is 0 Å². The third kappa shape index (κ3) is 2.75. The third-order valence-electron chi connectivity index (χ3n) is 3.97. The molecule has 1 fully saturated rings. The van der Waals surface area contributed by atoms with E-state index < -0.39 is 0 Å². The number of thiophene rings is 1.